The quantitative estimate of drug-likeness (QED) is 0.704. The van der Waals surface area contributed by atoms with Crippen molar-refractivity contribution in [2.24, 2.45) is 0 Å². The molecule has 1 unspecified atom stereocenters. The van der Waals surface area contributed by atoms with Crippen LogP contribution in [0.15, 0.2) is 18.2 Å². The van der Waals surface area contributed by atoms with Crippen LogP contribution in [0, 0.1) is 0 Å². The molecule has 1 N–H and O–H groups in total. The van der Waals surface area contributed by atoms with Gasteiger partial charge < -0.3 is 19.7 Å². The molecule has 1 aromatic rings. The lowest BCUT2D eigenvalue weighted by atomic mass is 10.1. The molecule has 0 radical (unpaired) electrons. The van der Waals surface area contributed by atoms with Crippen molar-refractivity contribution in [3.05, 3.63) is 23.8 Å². The van der Waals surface area contributed by atoms with Gasteiger partial charge in [-0.1, -0.05) is 19.4 Å². The maximum Gasteiger partial charge on any atom is 0.244 e. The first-order valence-corrected chi connectivity index (χ1v) is 8.68. The Morgan fingerprint density at radius 1 is 1.20 bits per heavy atom. The zero-order chi connectivity index (χ0) is 18.8. The molecule has 1 rings (SSSR count). The molecule has 0 aliphatic carbocycles. The molecule has 0 aromatic heterocycles. The van der Waals surface area contributed by atoms with Crippen molar-refractivity contribution in [3.8, 4) is 11.5 Å². The number of carbonyl (C=O) groups excluding carboxylic acids is 2. The standard InChI is InChI=1S/C19H30N2O4/c1-6-7-8-18(22)20-14(2)19(23)21(3)12-11-15-9-10-16(24-4)17(13-15)25-5/h9-10,13-14H,6-8,11-12H2,1-5H3,(H,20,22). The van der Waals surface area contributed by atoms with E-state index >= 15 is 0 Å². The van der Waals surface area contributed by atoms with E-state index in [2.05, 4.69) is 5.32 Å². The second kappa shape index (κ2) is 10.6. The van der Waals surface area contributed by atoms with Gasteiger partial charge in [0.15, 0.2) is 11.5 Å². The van der Waals surface area contributed by atoms with E-state index in [4.69, 9.17) is 9.47 Å². The molecule has 6 heteroatoms. The number of unbranched alkanes of at least 4 members (excludes halogenated alkanes) is 1. The number of carbonyl (C=O) groups is 2. The zero-order valence-electron chi connectivity index (χ0n) is 15.9. The Balaban J connectivity index is 2.53. The molecule has 0 aliphatic heterocycles. The first-order valence-electron chi connectivity index (χ1n) is 8.68. The molecule has 25 heavy (non-hydrogen) atoms. The lowest BCUT2D eigenvalue weighted by Crippen LogP contribution is -2.46. The van der Waals surface area contributed by atoms with Gasteiger partial charge in [0.2, 0.25) is 11.8 Å². The normalized spacial score (nSPS) is 11.6. The van der Waals surface area contributed by atoms with Crippen LogP contribution >= 0.6 is 0 Å². The van der Waals surface area contributed by atoms with Gasteiger partial charge in [-0.25, -0.2) is 0 Å². The van der Waals surface area contributed by atoms with Gasteiger partial charge in [-0.05, 0) is 37.5 Å². The first kappa shape index (κ1) is 20.8. The molecular formula is C19H30N2O4. The Morgan fingerprint density at radius 3 is 2.48 bits per heavy atom. The topological polar surface area (TPSA) is 67.9 Å². The van der Waals surface area contributed by atoms with Crippen LogP contribution in [0.1, 0.15) is 38.7 Å². The van der Waals surface area contributed by atoms with Crippen LogP contribution in [-0.4, -0.2) is 50.6 Å². The number of hydrogen-bond acceptors (Lipinski definition) is 4. The monoisotopic (exact) mass is 350 g/mol. The van der Waals surface area contributed by atoms with Gasteiger partial charge in [-0.3, -0.25) is 9.59 Å². The summed E-state index contributed by atoms with van der Waals surface area (Å²) < 4.78 is 10.5. The van der Waals surface area contributed by atoms with Crippen molar-refractivity contribution >= 4 is 11.8 Å². The van der Waals surface area contributed by atoms with E-state index in [1.165, 1.54) is 0 Å². The van der Waals surface area contributed by atoms with E-state index in [-0.39, 0.29) is 11.8 Å². The summed E-state index contributed by atoms with van der Waals surface area (Å²) in [6.45, 7) is 4.31. The second-order valence-corrected chi connectivity index (χ2v) is 6.09. The molecule has 0 saturated carbocycles. The van der Waals surface area contributed by atoms with Crippen molar-refractivity contribution in [3.63, 3.8) is 0 Å². The van der Waals surface area contributed by atoms with Gasteiger partial charge in [0.25, 0.3) is 0 Å². The fourth-order valence-corrected chi connectivity index (χ4v) is 2.49. The van der Waals surface area contributed by atoms with E-state index in [1.807, 2.05) is 25.1 Å². The van der Waals surface area contributed by atoms with E-state index in [0.717, 1.165) is 18.4 Å². The lowest BCUT2D eigenvalue weighted by Gasteiger charge is -2.22. The molecule has 140 valence electrons. The molecule has 0 heterocycles. The molecule has 6 nitrogen and oxygen atoms in total. The summed E-state index contributed by atoms with van der Waals surface area (Å²) >= 11 is 0. The van der Waals surface area contributed by atoms with Crippen LogP contribution in [-0.2, 0) is 16.0 Å². The number of nitrogens with zero attached hydrogens (tertiary/aromatic N) is 1. The molecule has 1 atom stereocenters. The van der Waals surface area contributed by atoms with E-state index in [9.17, 15) is 9.59 Å². The maximum atomic E-state index is 12.4. The average molecular weight is 350 g/mol. The van der Waals surface area contributed by atoms with Gasteiger partial charge >= 0.3 is 0 Å². The van der Waals surface area contributed by atoms with Gasteiger partial charge in [0.1, 0.15) is 6.04 Å². The maximum absolute atomic E-state index is 12.4. The van der Waals surface area contributed by atoms with Crippen molar-refractivity contribution in [1.29, 1.82) is 0 Å². The number of nitrogens with one attached hydrogen (secondary N) is 1. The highest BCUT2D eigenvalue weighted by Crippen LogP contribution is 2.27. The Hall–Kier alpha value is -2.24. The summed E-state index contributed by atoms with van der Waals surface area (Å²) in [7, 11) is 4.94. The predicted octanol–water partition coefficient (Wildman–Crippen LogP) is 2.40. The second-order valence-electron chi connectivity index (χ2n) is 6.09. The Kier molecular flexibility index (Phi) is 8.81. The number of methoxy groups -OCH3 is 2. The van der Waals surface area contributed by atoms with E-state index < -0.39 is 6.04 Å². The smallest absolute Gasteiger partial charge is 0.244 e. The number of rotatable bonds is 10. The zero-order valence-corrected chi connectivity index (χ0v) is 15.9. The first-order chi connectivity index (χ1) is 11.9. The number of amides is 2. The number of benzene rings is 1. The van der Waals surface area contributed by atoms with Crippen molar-refractivity contribution in [2.75, 3.05) is 27.8 Å². The molecular weight excluding hydrogens is 320 g/mol. The largest absolute Gasteiger partial charge is 0.493 e. The predicted molar refractivity (Wildman–Crippen MR) is 98.0 cm³/mol. The van der Waals surface area contributed by atoms with Crippen molar-refractivity contribution in [1.82, 2.24) is 10.2 Å². The molecule has 0 fully saturated rings. The summed E-state index contributed by atoms with van der Waals surface area (Å²) in [5.74, 6) is 1.19. The van der Waals surface area contributed by atoms with Crippen LogP contribution in [0.4, 0.5) is 0 Å². The van der Waals surface area contributed by atoms with Crippen LogP contribution in [0.25, 0.3) is 0 Å². The number of ether oxygens (including phenoxy) is 2. The van der Waals surface area contributed by atoms with Crippen LogP contribution in [0.5, 0.6) is 11.5 Å². The molecule has 2 amide bonds. The van der Waals surface area contributed by atoms with Crippen molar-refractivity contribution in [2.45, 2.75) is 45.6 Å². The molecule has 0 aliphatic rings. The highest BCUT2D eigenvalue weighted by atomic mass is 16.5. The Morgan fingerprint density at radius 2 is 1.88 bits per heavy atom. The molecule has 0 saturated heterocycles. The molecule has 1 aromatic carbocycles. The minimum absolute atomic E-state index is 0.0732. The highest BCUT2D eigenvalue weighted by molar-refractivity contribution is 5.87. The third-order valence-electron chi connectivity index (χ3n) is 4.07. The SMILES string of the molecule is CCCCC(=O)NC(C)C(=O)N(C)CCc1ccc(OC)c(OC)c1. The third kappa shape index (κ3) is 6.64. The number of likely N-dealkylation sites (N-methyl/N-ethyl adjacent to an activating group) is 1. The van der Waals surface area contributed by atoms with Crippen LogP contribution in [0.2, 0.25) is 0 Å². The summed E-state index contributed by atoms with van der Waals surface area (Å²) in [5.41, 5.74) is 1.05. The van der Waals surface area contributed by atoms with E-state index in [0.29, 0.717) is 30.9 Å². The summed E-state index contributed by atoms with van der Waals surface area (Å²) in [6, 6.07) is 5.20. The summed E-state index contributed by atoms with van der Waals surface area (Å²) in [6.07, 6.45) is 2.95. The fourth-order valence-electron chi connectivity index (χ4n) is 2.49. The molecule has 0 spiro atoms. The minimum atomic E-state index is -0.514. The van der Waals surface area contributed by atoms with Crippen LogP contribution < -0.4 is 14.8 Å². The molecule has 0 bridgehead atoms. The van der Waals surface area contributed by atoms with Gasteiger partial charge in [0, 0.05) is 20.0 Å². The minimum Gasteiger partial charge on any atom is -0.493 e. The van der Waals surface area contributed by atoms with Gasteiger partial charge in [0.05, 0.1) is 14.2 Å². The fraction of sp³-hybridized carbons (Fsp3) is 0.579. The van der Waals surface area contributed by atoms with Crippen molar-refractivity contribution < 1.29 is 19.1 Å². The lowest BCUT2D eigenvalue weighted by molar-refractivity contribution is -0.134. The van der Waals surface area contributed by atoms with Gasteiger partial charge in [-0.2, -0.15) is 0 Å². The Labute approximate surface area is 150 Å². The highest BCUT2D eigenvalue weighted by Gasteiger charge is 2.19. The summed E-state index contributed by atoms with van der Waals surface area (Å²) in [4.78, 5) is 25.7. The number of hydrogen-bond donors (Lipinski definition) is 1. The van der Waals surface area contributed by atoms with Gasteiger partial charge in [-0.15, -0.1) is 0 Å². The summed E-state index contributed by atoms with van der Waals surface area (Å²) in [5, 5.41) is 2.76. The average Bonchev–Trinajstić information content (AvgIpc) is 2.63. The van der Waals surface area contributed by atoms with E-state index in [1.54, 1.807) is 33.1 Å². The Bertz CT molecular complexity index is 575. The van der Waals surface area contributed by atoms with Crippen LogP contribution in [0.3, 0.4) is 0 Å². The third-order valence-corrected chi connectivity index (χ3v) is 4.07.